The van der Waals surface area contributed by atoms with Crippen LogP contribution in [-0.4, -0.2) is 23.8 Å². The van der Waals surface area contributed by atoms with E-state index in [4.69, 9.17) is 16.3 Å². The number of para-hydroxylation sites is 1. The molecule has 2 aromatic carbocycles. The van der Waals surface area contributed by atoms with Crippen molar-refractivity contribution in [2.24, 2.45) is 0 Å². The molecule has 0 saturated heterocycles. The second kappa shape index (κ2) is 7.88. The normalized spacial score (nSPS) is 10.8. The molecule has 124 valence electrons. The fourth-order valence-corrected chi connectivity index (χ4v) is 4.20. The number of methoxy groups -OCH3 is 1. The zero-order valence-electron chi connectivity index (χ0n) is 12.9. The Morgan fingerprint density at radius 2 is 2.17 bits per heavy atom. The molecule has 0 saturated carbocycles. The average molecular weight is 379 g/mol. The highest BCUT2D eigenvalue weighted by molar-refractivity contribution is 7.99. The summed E-state index contributed by atoms with van der Waals surface area (Å²) in [5.41, 5.74) is 1.59. The number of aromatic nitrogens is 1. The summed E-state index contributed by atoms with van der Waals surface area (Å²) in [5, 5.41) is 4.40. The molecule has 0 bridgehead atoms. The number of nitrogens with zero attached hydrogens (tertiary/aromatic N) is 1. The number of carbonyl (C=O) groups excluding carboxylic acids is 1. The Morgan fingerprint density at radius 1 is 1.33 bits per heavy atom. The SMILES string of the molecule is COc1ccc(Cl)cc1NC(=O)CSCc1nc2ccccc2s1. The number of benzene rings is 2. The van der Waals surface area contributed by atoms with Gasteiger partial charge in [-0.05, 0) is 30.3 Å². The van der Waals surface area contributed by atoms with Crippen LogP contribution in [0, 0.1) is 0 Å². The van der Waals surface area contributed by atoms with Crippen molar-refractivity contribution < 1.29 is 9.53 Å². The maximum Gasteiger partial charge on any atom is 0.234 e. The predicted molar refractivity (Wildman–Crippen MR) is 102 cm³/mol. The van der Waals surface area contributed by atoms with E-state index in [-0.39, 0.29) is 5.91 Å². The third-order valence-corrected chi connectivity index (χ3v) is 5.63. The van der Waals surface area contributed by atoms with Gasteiger partial charge in [0.05, 0.1) is 28.8 Å². The van der Waals surface area contributed by atoms with Crippen LogP contribution in [0.5, 0.6) is 5.75 Å². The zero-order chi connectivity index (χ0) is 16.9. The van der Waals surface area contributed by atoms with Crippen LogP contribution < -0.4 is 10.1 Å². The third-order valence-electron chi connectivity index (χ3n) is 3.23. The number of halogens is 1. The first-order valence-electron chi connectivity index (χ1n) is 7.21. The highest BCUT2D eigenvalue weighted by Gasteiger charge is 2.09. The first kappa shape index (κ1) is 17.1. The van der Waals surface area contributed by atoms with Crippen LogP contribution in [0.2, 0.25) is 5.02 Å². The molecule has 1 amide bonds. The first-order valence-corrected chi connectivity index (χ1v) is 9.56. The second-order valence-corrected chi connectivity index (χ2v) is 7.50. The van der Waals surface area contributed by atoms with E-state index >= 15 is 0 Å². The number of anilines is 1. The van der Waals surface area contributed by atoms with Crippen molar-refractivity contribution in [3.8, 4) is 5.75 Å². The van der Waals surface area contributed by atoms with E-state index in [1.165, 1.54) is 16.5 Å². The lowest BCUT2D eigenvalue weighted by Crippen LogP contribution is -2.14. The number of thioether (sulfide) groups is 1. The molecule has 0 spiro atoms. The minimum atomic E-state index is -0.0957. The lowest BCUT2D eigenvalue weighted by Gasteiger charge is -2.10. The molecule has 0 aliphatic carbocycles. The first-order chi connectivity index (χ1) is 11.7. The Labute approximate surface area is 153 Å². The van der Waals surface area contributed by atoms with Crippen molar-refractivity contribution in [3.63, 3.8) is 0 Å². The smallest absolute Gasteiger partial charge is 0.234 e. The second-order valence-electron chi connectivity index (χ2n) is 4.96. The van der Waals surface area contributed by atoms with Gasteiger partial charge >= 0.3 is 0 Å². The fourth-order valence-electron chi connectivity index (χ4n) is 2.18. The van der Waals surface area contributed by atoms with Gasteiger partial charge < -0.3 is 10.1 Å². The van der Waals surface area contributed by atoms with Crippen molar-refractivity contribution in [3.05, 3.63) is 52.5 Å². The molecular weight excluding hydrogens is 364 g/mol. The summed E-state index contributed by atoms with van der Waals surface area (Å²) in [6, 6.07) is 13.2. The van der Waals surface area contributed by atoms with Crippen LogP contribution in [0.15, 0.2) is 42.5 Å². The number of fused-ring (bicyclic) bond motifs is 1. The summed E-state index contributed by atoms with van der Waals surface area (Å²) in [4.78, 5) is 16.7. The van der Waals surface area contributed by atoms with E-state index in [1.807, 2.05) is 18.2 Å². The molecule has 1 aromatic heterocycles. The van der Waals surface area contributed by atoms with E-state index in [9.17, 15) is 4.79 Å². The van der Waals surface area contributed by atoms with Crippen molar-refractivity contribution in [2.75, 3.05) is 18.2 Å². The molecule has 0 atom stereocenters. The quantitative estimate of drug-likeness (QED) is 0.667. The molecule has 3 rings (SSSR count). The molecule has 0 aliphatic heterocycles. The molecule has 1 heterocycles. The minimum absolute atomic E-state index is 0.0957. The van der Waals surface area contributed by atoms with Crippen molar-refractivity contribution in [1.82, 2.24) is 4.98 Å². The zero-order valence-corrected chi connectivity index (χ0v) is 15.3. The van der Waals surface area contributed by atoms with E-state index in [2.05, 4.69) is 16.4 Å². The van der Waals surface area contributed by atoms with Crippen LogP contribution >= 0.6 is 34.7 Å². The van der Waals surface area contributed by atoms with Gasteiger partial charge in [-0.15, -0.1) is 23.1 Å². The number of thiazole rings is 1. The number of nitrogens with one attached hydrogen (secondary N) is 1. The lowest BCUT2D eigenvalue weighted by molar-refractivity contribution is -0.113. The highest BCUT2D eigenvalue weighted by atomic mass is 35.5. The van der Waals surface area contributed by atoms with Gasteiger partial charge in [-0.1, -0.05) is 23.7 Å². The number of carbonyl (C=O) groups is 1. The predicted octanol–water partition coefficient (Wildman–Crippen LogP) is 4.83. The standard InChI is InChI=1S/C17H15ClN2O2S2/c1-22-14-7-6-11(18)8-13(14)19-16(21)9-23-10-17-20-12-4-2-3-5-15(12)24-17/h2-8H,9-10H2,1H3,(H,19,21). The van der Waals surface area contributed by atoms with Crippen LogP contribution in [0.3, 0.4) is 0 Å². The molecular formula is C17H15ClN2O2S2. The van der Waals surface area contributed by atoms with Crippen LogP contribution in [-0.2, 0) is 10.5 Å². The molecule has 24 heavy (non-hydrogen) atoms. The molecule has 0 radical (unpaired) electrons. The van der Waals surface area contributed by atoms with Gasteiger partial charge in [-0.3, -0.25) is 4.79 Å². The van der Waals surface area contributed by atoms with Crippen LogP contribution in [0.4, 0.5) is 5.69 Å². The maximum atomic E-state index is 12.1. The summed E-state index contributed by atoms with van der Waals surface area (Å²) in [6.45, 7) is 0. The van der Waals surface area contributed by atoms with Gasteiger partial charge in [-0.25, -0.2) is 4.98 Å². The topological polar surface area (TPSA) is 51.2 Å². The summed E-state index contributed by atoms with van der Waals surface area (Å²) < 4.78 is 6.39. The van der Waals surface area contributed by atoms with E-state index < -0.39 is 0 Å². The van der Waals surface area contributed by atoms with Gasteiger partial charge in [0.2, 0.25) is 5.91 Å². The molecule has 0 fully saturated rings. The highest BCUT2D eigenvalue weighted by Crippen LogP contribution is 2.28. The number of amides is 1. The van der Waals surface area contributed by atoms with Crippen LogP contribution in [0.1, 0.15) is 5.01 Å². The maximum absolute atomic E-state index is 12.1. The van der Waals surface area contributed by atoms with Gasteiger partial charge in [-0.2, -0.15) is 0 Å². The van der Waals surface area contributed by atoms with E-state index in [0.29, 0.717) is 28.0 Å². The Balaban J connectivity index is 1.55. The van der Waals surface area contributed by atoms with Crippen molar-refractivity contribution >= 4 is 56.5 Å². The lowest BCUT2D eigenvalue weighted by atomic mass is 10.3. The monoisotopic (exact) mass is 378 g/mol. The average Bonchev–Trinajstić information content (AvgIpc) is 2.97. The number of hydrogen-bond acceptors (Lipinski definition) is 5. The summed E-state index contributed by atoms with van der Waals surface area (Å²) in [7, 11) is 1.56. The molecule has 3 aromatic rings. The van der Waals surface area contributed by atoms with Crippen molar-refractivity contribution in [1.29, 1.82) is 0 Å². The van der Waals surface area contributed by atoms with Gasteiger partial charge in [0.25, 0.3) is 0 Å². The molecule has 7 heteroatoms. The molecule has 0 aliphatic rings. The number of ether oxygens (including phenoxy) is 1. The van der Waals surface area contributed by atoms with Gasteiger partial charge in [0, 0.05) is 10.8 Å². The van der Waals surface area contributed by atoms with Crippen LogP contribution in [0.25, 0.3) is 10.2 Å². The molecule has 4 nitrogen and oxygen atoms in total. The fraction of sp³-hybridized carbons (Fsp3) is 0.176. The summed E-state index contributed by atoms with van der Waals surface area (Å²) in [5.74, 6) is 1.54. The summed E-state index contributed by atoms with van der Waals surface area (Å²) in [6.07, 6.45) is 0. The number of hydrogen-bond donors (Lipinski definition) is 1. The van der Waals surface area contributed by atoms with Gasteiger partial charge in [0.15, 0.2) is 0 Å². The Bertz CT molecular complexity index is 834. The summed E-state index contributed by atoms with van der Waals surface area (Å²) >= 11 is 9.15. The molecule has 0 unspecified atom stereocenters. The Morgan fingerprint density at radius 3 is 2.96 bits per heavy atom. The number of rotatable bonds is 6. The van der Waals surface area contributed by atoms with Gasteiger partial charge in [0.1, 0.15) is 10.8 Å². The largest absolute Gasteiger partial charge is 0.495 e. The van der Waals surface area contributed by atoms with E-state index in [1.54, 1.807) is 36.6 Å². The third kappa shape index (κ3) is 4.20. The van der Waals surface area contributed by atoms with E-state index in [0.717, 1.165) is 10.5 Å². The Hall–Kier alpha value is -1.76. The minimum Gasteiger partial charge on any atom is -0.495 e. The van der Waals surface area contributed by atoms with Crippen molar-refractivity contribution in [2.45, 2.75) is 5.75 Å². The Kier molecular flexibility index (Phi) is 5.60. The molecule has 1 N–H and O–H groups in total.